The fraction of sp³-hybridized carbons (Fsp3) is 0.538. The van der Waals surface area contributed by atoms with E-state index in [1.807, 2.05) is 11.8 Å². The van der Waals surface area contributed by atoms with Crippen molar-refractivity contribution < 1.29 is 5.11 Å². The summed E-state index contributed by atoms with van der Waals surface area (Å²) in [6, 6.07) is 8.47. The summed E-state index contributed by atoms with van der Waals surface area (Å²) in [4.78, 5) is 1.34. The zero-order chi connectivity index (χ0) is 10.3. The van der Waals surface area contributed by atoms with Crippen molar-refractivity contribution in [1.82, 2.24) is 0 Å². The molecule has 0 radical (unpaired) electrons. The highest BCUT2D eigenvalue weighted by molar-refractivity contribution is 7.99. The number of rotatable bonds is 4. The van der Waals surface area contributed by atoms with Gasteiger partial charge in [-0.1, -0.05) is 12.1 Å². The quantitative estimate of drug-likeness (QED) is 0.786. The average molecular weight is 220 g/mol. The van der Waals surface area contributed by atoms with Gasteiger partial charge in [0.25, 0.3) is 0 Å². The Hall–Kier alpha value is -0.470. The number of aliphatic hydroxyl groups is 1. The van der Waals surface area contributed by atoms with Gasteiger partial charge in [-0.2, -0.15) is 0 Å². The second-order valence-electron chi connectivity index (χ2n) is 4.81. The smallest absolute Gasteiger partial charge is 0.0899 e. The van der Waals surface area contributed by atoms with E-state index < -0.39 is 5.60 Å². The van der Waals surface area contributed by atoms with Crippen molar-refractivity contribution in [2.24, 2.45) is 5.92 Å². The Morgan fingerprint density at radius 1 is 1.20 bits per heavy atom. The van der Waals surface area contributed by atoms with Crippen LogP contribution in [0.5, 0.6) is 0 Å². The maximum absolute atomic E-state index is 9.91. The van der Waals surface area contributed by atoms with Crippen LogP contribution in [-0.4, -0.2) is 10.9 Å². The summed E-state index contributed by atoms with van der Waals surface area (Å²) in [6.45, 7) is 0. The zero-order valence-electron chi connectivity index (χ0n) is 8.78. The van der Waals surface area contributed by atoms with E-state index in [0.717, 1.165) is 24.3 Å². The molecule has 0 amide bonds. The van der Waals surface area contributed by atoms with Crippen LogP contribution < -0.4 is 0 Å². The minimum atomic E-state index is -0.473. The molecule has 15 heavy (non-hydrogen) atoms. The minimum Gasteiger partial charge on any atom is -0.385 e. The second kappa shape index (κ2) is 3.53. The zero-order valence-corrected chi connectivity index (χ0v) is 9.59. The summed E-state index contributed by atoms with van der Waals surface area (Å²) in [7, 11) is 0. The number of thioether (sulfide) groups is 1. The van der Waals surface area contributed by atoms with Crippen LogP contribution in [0.4, 0.5) is 0 Å². The first kappa shape index (κ1) is 9.73. The van der Waals surface area contributed by atoms with Crippen molar-refractivity contribution in [2.45, 2.75) is 36.2 Å². The molecule has 2 fully saturated rings. The van der Waals surface area contributed by atoms with Gasteiger partial charge in [0.1, 0.15) is 0 Å². The van der Waals surface area contributed by atoms with E-state index in [1.54, 1.807) is 0 Å². The Balaban J connectivity index is 1.64. The predicted octanol–water partition coefficient (Wildman–Crippen LogP) is 3.17. The fourth-order valence-electron chi connectivity index (χ4n) is 1.77. The van der Waals surface area contributed by atoms with Gasteiger partial charge < -0.3 is 5.11 Å². The summed E-state index contributed by atoms with van der Waals surface area (Å²) in [5, 5.41) is 9.91. The Morgan fingerprint density at radius 2 is 1.87 bits per heavy atom. The number of hydrogen-bond donors (Lipinski definition) is 1. The fourth-order valence-corrected chi connectivity index (χ4v) is 2.86. The molecule has 1 aromatic carbocycles. The van der Waals surface area contributed by atoms with Crippen LogP contribution in [-0.2, 0) is 5.60 Å². The second-order valence-corrected chi connectivity index (χ2v) is 5.90. The lowest BCUT2D eigenvalue weighted by atomic mass is 10.1. The van der Waals surface area contributed by atoms with Crippen LogP contribution in [0, 0.1) is 5.92 Å². The molecule has 3 rings (SSSR count). The molecule has 80 valence electrons. The first-order chi connectivity index (χ1) is 7.26. The van der Waals surface area contributed by atoms with E-state index in [9.17, 15) is 5.11 Å². The molecule has 0 heterocycles. The van der Waals surface area contributed by atoms with Crippen molar-refractivity contribution >= 4 is 11.8 Å². The van der Waals surface area contributed by atoms with Gasteiger partial charge in [0, 0.05) is 10.6 Å². The van der Waals surface area contributed by atoms with E-state index in [4.69, 9.17) is 0 Å². The standard InChI is InChI=1S/C13H16OS/c14-13(7-8-13)11-3-5-12(6-4-11)15-9-10-1-2-10/h3-6,10,14H,1-2,7-9H2. The van der Waals surface area contributed by atoms with Crippen molar-refractivity contribution in [1.29, 1.82) is 0 Å². The van der Waals surface area contributed by atoms with E-state index in [2.05, 4.69) is 24.3 Å². The van der Waals surface area contributed by atoms with Crippen LogP contribution >= 0.6 is 11.8 Å². The Labute approximate surface area is 94.9 Å². The molecule has 0 atom stereocenters. The minimum absolute atomic E-state index is 0.473. The molecule has 0 aromatic heterocycles. The summed E-state index contributed by atoms with van der Waals surface area (Å²) < 4.78 is 0. The monoisotopic (exact) mass is 220 g/mol. The summed E-state index contributed by atoms with van der Waals surface area (Å²) in [5.74, 6) is 2.24. The van der Waals surface area contributed by atoms with E-state index >= 15 is 0 Å². The van der Waals surface area contributed by atoms with Gasteiger partial charge in [-0.05, 0) is 49.3 Å². The highest BCUT2D eigenvalue weighted by Crippen LogP contribution is 2.45. The van der Waals surface area contributed by atoms with Gasteiger partial charge in [-0.15, -0.1) is 11.8 Å². The van der Waals surface area contributed by atoms with Gasteiger partial charge in [-0.3, -0.25) is 0 Å². The van der Waals surface area contributed by atoms with Crippen LogP contribution in [0.3, 0.4) is 0 Å². The van der Waals surface area contributed by atoms with Gasteiger partial charge in [-0.25, -0.2) is 0 Å². The van der Waals surface area contributed by atoms with Crippen molar-refractivity contribution in [3.05, 3.63) is 29.8 Å². The van der Waals surface area contributed by atoms with Crippen molar-refractivity contribution in [3.8, 4) is 0 Å². The molecule has 0 unspecified atom stereocenters. The Bertz CT molecular complexity index is 349. The predicted molar refractivity (Wildman–Crippen MR) is 63.0 cm³/mol. The lowest BCUT2D eigenvalue weighted by Gasteiger charge is -2.08. The highest BCUT2D eigenvalue weighted by Gasteiger charge is 2.41. The third-order valence-electron chi connectivity index (χ3n) is 3.30. The molecule has 1 N–H and O–H groups in total. The lowest BCUT2D eigenvalue weighted by molar-refractivity contribution is 0.151. The molecule has 0 aliphatic heterocycles. The molecular formula is C13H16OS. The van der Waals surface area contributed by atoms with Gasteiger partial charge in [0.05, 0.1) is 5.60 Å². The Kier molecular flexibility index (Phi) is 2.29. The van der Waals surface area contributed by atoms with Crippen LogP contribution in [0.25, 0.3) is 0 Å². The molecule has 1 nitrogen and oxygen atoms in total. The molecule has 0 bridgehead atoms. The number of benzene rings is 1. The molecule has 1 aromatic rings. The molecule has 2 saturated carbocycles. The third-order valence-corrected chi connectivity index (χ3v) is 4.54. The van der Waals surface area contributed by atoms with Crippen LogP contribution in [0.2, 0.25) is 0 Å². The third kappa shape index (κ3) is 2.21. The van der Waals surface area contributed by atoms with Gasteiger partial charge >= 0.3 is 0 Å². The maximum Gasteiger partial charge on any atom is 0.0899 e. The van der Waals surface area contributed by atoms with Gasteiger partial charge in [0.15, 0.2) is 0 Å². The molecule has 2 heteroatoms. The topological polar surface area (TPSA) is 20.2 Å². The summed E-state index contributed by atoms with van der Waals surface area (Å²) >= 11 is 1.95. The molecule has 0 spiro atoms. The van der Waals surface area contributed by atoms with E-state index in [0.29, 0.717) is 0 Å². The Morgan fingerprint density at radius 3 is 2.40 bits per heavy atom. The van der Waals surface area contributed by atoms with E-state index in [-0.39, 0.29) is 0 Å². The van der Waals surface area contributed by atoms with Crippen molar-refractivity contribution in [3.63, 3.8) is 0 Å². The van der Waals surface area contributed by atoms with Crippen LogP contribution in [0.15, 0.2) is 29.2 Å². The lowest BCUT2D eigenvalue weighted by Crippen LogP contribution is -2.03. The first-order valence-electron chi connectivity index (χ1n) is 5.72. The molecule has 2 aliphatic rings. The molecular weight excluding hydrogens is 204 g/mol. The SMILES string of the molecule is OC1(c2ccc(SCC3CC3)cc2)CC1. The summed E-state index contributed by atoms with van der Waals surface area (Å²) in [6.07, 6.45) is 4.71. The largest absolute Gasteiger partial charge is 0.385 e. The average Bonchev–Trinajstić information content (AvgIpc) is 3.13. The normalized spacial score (nSPS) is 22.7. The highest BCUT2D eigenvalue weighted by atomic mass is 32.2. The molecule has 0 saturated heterocycles. The van der Waals surface area contributed by atoms with Crippen LogP contribution in [0.1, 0.15) is 31.2 Å². The van der Waals surface area contributed by atoms with Gasteiger partial charge in [0.2, 0.25) is 0 Å². The van der Waals surface area contributed by atoms with Crippen molar-refractivity contribution in [2.75, 3.05) is 5.75 Å². The maximum atomic E-state index is 9.91. The number of hydrogen-bond acceptors (Lipinski definition) is 2. The first-order valence-corrected chi connectivity index (χ1v) is 6.71. The molecule has 2 aliphatic carbocycles. The van der Waals surface area contributed by atoms with E-state index in [1.165, 1.54) is 23.5 Å². The summed E-state index contributed by atoms with van der Waals surface area (Å²) in [5.41, 5.74) is 0.623.